The van der Waals surface area contributed by atoms with E-state index in [2.05, 4.69) is 17.2 Å². The highest BCUT2D eigenvalue weighted by molar-refractivity contribution is 5.99. The van der Waals surface area contributed by atoms with E-state index in [0.29, 0.717) is 6.54 Å². The monoisotopic (exact) mass is 234 g/mol. The molecule has 1 rings (SSSR count). The molecule has 0 aliphatic carbocycles. The molecule has 0 radical (unpaired) electrons. The predicted molar refractivity (Wildman–Crippen MR) is 65.2 cm³/mol. The van der Waals surface area contributed by atoms with Gasteiger partial charge in [0.1, 0.15) is 0 Å². The summed E-state index contributed by atoms with van der Waals surface area (Å²) in [5, 5.41) is 13.9. The topological polar surface area (TPSA) is 78.4 Å². The SMILES string of the molecule is C=C(C)CNC(=O)Nc1ccccc1C(=O)O. The first kappa shape index (κ1) is 12.8. The second kappa shape index (κ2) is 5.69. The van der Waals surface area contributed by atoms with Crippen molar-refractivity contribution in [3.8, 4) is 0 Å². The van der Waals surface area contributed by atoms with E-state index >= 15 is 0 Å². The maximum Gasteiger partial charge on any atom is 0.337 e. The third-order valence-corrected chi connectivity index (χ3v) is 1.96. The molecule has 0 fully saturated rings. The minimum Gasteiger partial charge on any atom is -0.478 e. The normalized spacial score (nSPS) is 9.47. The number of benzene rings is 1. The maximum atomic E-state index is 11.4. The van der Waals surface area contributed by atoms with Crippen LogP contribution in [0.4, 0.5) is 10.5 Å². The summed E-state index contributed by atoms with van der Waals surface area (Å²) < 4.78 is 0. The third kappa shape index (κ3) is 3.98. The van der Waals surface area contributed by atoms with Gasteiger partial charge in [0.15, 0.2) is 0 Å². The maximum absolute atomic E-state index is 11.4. The molecule has 0 heterocycles. The van der Waals surface area contributed by atoms with E-state index in [1.807, 2.05) is 0 Å². The molecule has 2 amide bonds. The van der Waals surface area contributed by atoms with Crippen molar-refractivity contribution in [1.82, 2.24) is 5.32 Å². The second-order valence-electron chi connectivity index (χ2n) is 3.62. The van der Waals surface area contributed by atoms with Gasteiger partial charge < -0.3 is 15.7 Å². The van der Waals surface area contributed by atoms with Crippen LogP contribution in [-0.2, 0) is 0 Å². The van der Waals surface area contributed by atoms with Gasteiger partial charge in [-0.05, 0) is 19.1 Å². The molecule has 1 aromatic rings. The molecule has 90 valence electrons. The third-order valence-electron chi connectivity index (χ3n) is 1.96. The summed E-state index contributed by atoms with van der Waals surface area (Å²) in [6.07, 6.45) is 0. The Morgan fingerprint density at radius 2 is 2.00 bits per heavy atom. The van der Waals surface area contributed by atoms with Gasteiger partial charge in [-0.2, -0.15) is 0 Å². The van der Waals surface area contributed by atoms with Gasteiger partial charge in [-0.15, -0.1) is 0 Å². The Hall–Kier alpha value is -2.30. The van der Waals surface area contributed by atoms with Gasteiger partial charge >= 0.3 is 12.0 Å². The first-order valence-electron chi connectivity index (χ1n) is 5.02. The van der Waals surface area contributed by atoms with Crippen LogP contribution in [0.25, 0.3) is 0 Å². The summed E-state index contributed by atoms with van der Waals surface area (Å²) in [4.78, 5) is 22.3. The fraction of sp³-hybridized carbons (Fsp3) is 0.167. The van der Waals surface area contributed by atoms with Crippen molar-refractivity contribution in [3.05, 3.63) is 42.0 Å². The largest absolute Gasteiger partial charge is 0.478 e. The number of nitrogens with one attached hydrogen (secondary N) is 2. The Morgan fingerprint density at radius 3 is 2.59 bits per heavy atom. The number of carboxylic acid groups (broad SMARTS) is 1. The van der Waals surface area contributed by atoms with Crippen LogP contribution in [0.1, 0.15) is 17.3 Å². The highest BCUT2D eigenvalue weighted by Gasteiger charge is 2.10. The number of rotatable bonds is 4. The smallest absolute Gasteiger partial charge is 0.337 e. The molecule has 0 aliphatic rings. The van der Waals surface area contributed by atoms with Crippen molar-refractivity contribution in [3.63, 3.8) is 0 Å². The summed E-state index contributed by atoms with van der Waals surface area (Å²) >= 11 is 0. The highest BCUT2D eigenvalue weighted by atomic mass is 16.4. The average Bonchev–Trinajstić information content (AvgIpc) is 2.27. The molecule has 0 spiro atoms. The summed E-state index contributed by atoms with van der Waals surface area (Å²) in [7, 11) is 0. The van der Waals surface area contributed by atoms with E-state index in [1.165, 1.54) is 12.1 Å². The first-order valence-corrected chi connectivity index (χ1v) is 5.02. The number of hydrogen-bond donors (Lipinski definition) is 3. The van der Waals surface area contributed by atoms with E-state index < -0.39 is 12.0 Å². The van der Waals surface area contributed by atoms with Gasteiger partial charge in [-0.3, -0.25) is 0 Å². The zero-order valence-corrected chi connectivity index (χ0v) is 9.49. The van der Waals surface area contributed by atoms with Crippen LogP contribution in [0.15, 0.2) is 36.4 Å². The number of carbonyl (C=O) groups excluding carboxylic acids is 1. The second-order valence-corrected chi connectivity index (χ2v) is 3.62. The Labute approximate surface area is 99.1 Å². The molecule has 17 heavy (non-hydrogen) atoms. The van der Waals surface area contributed by atoms with Crippen LogP contribution in [0.5, 0.6) is 0 Å². The summed E-state index contributed by atoms with van der Waals surface area (Å²) in [6, 6.07) is 5.75. The van der Waals surface area contributed by atoms with E-state index in [9.17, 15) is 9.59 Å². The number of amides is 2. The van der Waals surface area contributed by atoms with E-state index in [4.69, 9.17) is 5.11 Å². The van der Waals surface area contributed by atoms with Crippen molar-refractivity contribution in [2.45, 2.75) is 6.92 Å². The molecule has 0 aliphatic heterocycles. The lowest BCUT2D eigenvalue weighted by Crippen LogP contribution is -2.30. The van der Waals surface area contributed by atoms with Crippen molar-refractivity contribution < 1.29 is 14.7 Å². The fourth-order valence-corrected chi connectivity index (χ4v) is 1.18. The highest BCUT2D eigenvalue weighted by Crippen LogP contribution is 2.14. The van der Waals surface area contributed by atoms with Crippen LogP contribution >= 0.6 is 0 Å². The Balaban J connectivity index is 2.71. The van der Waals surface area contributed by atoms with Crippen LogP contribution < -0.4 is 10.6 Å². The van der Waals surface area contributed by atoms with Gasteiger partial charge in [0.25, 0.3) is 0 Å². The van der Waals surface area contributed by atoms with Crippen LogP contribution in [0, 0.1) is 0 Å². The molecule has 3 N–H and O–H groups in total. The number of anilines is 1. The standard InChI is InChI=1S/C12H14N2O3/c1-8(2)7-13-12(17)14-10-6-4-3-5-9(10)11(15)16/h3-6H,1,7H2,2H3,(H,15,16)(H2,13,14,17). The van der Waals surface area contributed by atoms with Crippen molar-refractivity contribution in [2.24, 2.45) is 0 Å². The van der Waals surface area contributed by atoms with Gasteiger partial charge in [-0.1, -0.05) is 24.3 Å². The quantitative estimate of drug-likeness (QED) is 0.698. The van der Waals surface area contributed by atoms with Crippen LogP contribution in [0.3, 0.4) is 0 Å². The molecular weight excluding hydrogens is 220 g/mol. The Kier molecular flexibility index (Phi) is 4.28. The summed E-state index contributed by atoms with van der Waals surface area (Å²) in [5.41, 5.74) is 1.13. The number of carboxylic acids is 1. The minimum absolute atomic E-state index is 0.0537. The molecule has 5 heteroatoms. The molecule has 1 aromatic carbocycles. The van der Waals surface area contributed by atoms with E-state index in [-0.39, 0.29) is 11.3 Å². The molecule has 5 nitrogen and oxygen atoms in total. The molecule has 0 atom stereocenters. The Bertz CT molecular complexity index is 455. The lowest BCUT2D eigenvalue weighted by Gasteiger charge is -2.09. The van der Waals surface area contributed by atoms with Gasteiger partial charge in [0, 0.05) is 6.54 Å². The number of para-hydroxylation sites is 1. The minimum atomic E-state index is -1.08. The molecule has 0 unspecified atom stereocenters. The number of carbonyl (C=O) groups is 2. The summed E-state index contributed by atoms with van der Waals surface area (Å²) in [5.74, 6) is -1.08. The average molecular weight is 234 g/mol. The van der Waals surface area contributed by atoms with E-state index in [0.717, 1.165) is 5.57 Å². The molecule has 0 saturated carbocycles. The molecule has 0 saturated heterocycles. The van der Waals surface area contributed by atoms with Crippen molar-refractivity contribution in [1.29, 1.82) is 0 Å². The van der Waals surface area contributed by atoms with E-state index in [1.54, 1.807) is 19.1 Å². The van der Waals surface area contributed by atoms with Crippen LogP contribution in [0.2, 0.25) is 0 Å². The zero-order chi connectivity index (χ0) is 12.8. The number of aromatic carboxylic acids is 1. The number of urea groups is 1. The van der Waals surface area contributed by atoms with Gasteiger partial charge in [0.05, 0.1) is 11.3 Å². The Morgan fingerprint density at radius 1 is 1.35 bits per heavy atom. The molecule has 0 bridgehead atoms. The first-order chi connectivity index (χ1) is 8.00. The lowest BCUT2D eigenvalue weighted by atomic mass is 10.2. The van der Waals surface area contributed by atoms with Crippen molar-refractivity contribution in [2.75, 3.05) is 11.9 Å². The molecular formula is C12H14N2O3. The molecule has 0 aromatic heterocycles. The predicted octanol–water partition coefficient (Wildman–Crippen LogP) is 2.08. The van der Waals surface area contributed by atoms with Crippen LogP contribution in [-0.4, -0.2) is 23.7 Å². The fourth-order valence-electron chi connectivity index (χ4n) is 1.18. The summed E-state index contributed by atoms with van der Waals surface area (Å²) in [6.45, 7) is 5.77. The van der Waals surface area contributed by atoms with Gasteiger partial charge in [-0.25, -0.2) is 9.59 Å². The van der Waals surface area contributed by atoms with Gasteiger partial charge in [0.2, 0.25) is 0 Å². The number of hydrogen-bond acceptors (Lipinski definition) is 2. The lowest BCUT2D eigenvalue weighted by molar-refractivity contribution is 0.0698. The van der Waals surface area contributed by atoms with Crippen molar-refractivity contribution >= 4 is 17.7 Å². The zero-order valence-electron chi connectivity index (χ0n) is 9.49.